The van der Waals surface area contributed by atoms with Crippen LogP contribution in [0.25, 0.3) is 10.8 Å². The molecule has 5 heteroatoms. The number of allylic oxidation sites excluding steroid dienone is 1. The lowest BCUT2D eigenvalue weighted by Crippen LogP contribution is -2.16. The van der Waals surface area contributed by atoms with E-state index in [-0.39, 0.29) is 11.8 Å². The van der Waals surface area contributed by atoms with E-state index in [0.29, 0.717) is 16.3 Å². The number of halogens is 1. The Morgan fingerprint density at radius 2 is 1.73 bits per heavy atom. The molecule has 0 amide bonds. The molecule has 0 bridgehead atoms. The van der Waals surface area contributed by atoms with E-state index in [1.54, 1.807) is 13.3 Å². The van der Waals surface area contributed by atoms with Gasteiger partial charge >= 0.3 is 0 Å². The zero-order valence-corrected chi connectivity index (χ0v) is 18.6. The summed E-state index contributed by atoms with van der Waals surface area (Å²) < 4.78 is 11.5. The number of ether oxygens (including phenoxy) is 2. The second kappa shape index (κ2) is 8.82. The van der Waals surface area contributed by atoms with E-state index in [1.165, 1.54) is 0 Å². The summed E-state index contributed by atoms with van der Waals surface area (Å²) in [5.74, 6) is 1.45. The minimum absolute atomic E-state index is 0.289. The molecule has 1 aliphatic heterocycles. The van der Waals surface area contributed by atoms with Gasteiger partial charge in [-0.25, -0.2) is 4.99 Å². The standard InChI is InChI=1S/C28H19ClN2O2/c1-32-22-13-6-18(7-14-22)17-31-28-25(16-30)26(20-8-11-21(29)12-9-20)24-15-10-19-4-2-3-5-23(19)27(24)33-28/h2-15,17,26H,1H3/b31-17+. The third kappa shape index (κ3) is 3.95. The minimum Gasteiger partial charge on any atom is -0.497 e. The normalized spacial score (nSPS) is 15.2. The van der Waals surface area contributed by atoms with Crippen molar-refractivity contribution >= 4 is 28.6 Å². The molecule has 1 heterocycles. The molecule has 0 saturated carbocycles. The van der Waals surface area contributed by atoms with Crippen molar-refractivity contribution in [3.8, 4) is 17.6 Å². The summed E-state index contributed by atoms with van der Waals surface area (Å²) in [6, 6.07) is 29.6. The second-order valence-corrected chi connectivity index (χ2v) is 8.09. The lowest BCUT2D eigenvalue weighted by Gasteiger charge is -2.27. The first kappa shape index (κ1) is 20.8. The first-order valence-corrected chi connectivity index (χ1v) is 10.8. The maximum absolute atomic E-state index is 10.1. The van der Waals surface area contributed by atoms with Crippen LogP contribution in [0.5, 0.6) is 11.5 Å². The van der Waals surface area contributed by atoms with Crippen molar-refractivity contribution in [2.45, 2.75) is 5.92 Å². The number of aliphatic imine (C=N–C) groups is 1. The lowest BCUT2D eigenvalue weighted by molar-refractivity contribution is 0.400. The average Bonchev–Trinajstić information content (AvgIpc) is 2.87. The van der Waals surface area contributed by atoms with Crippen molar-refractivity contribution in [1.29, 1.82) is 5.26 Å². The van der Waals surface area contributed by atoms with Crippen LogP contribution in [0.15, 0.2) is 101 Å². The molecule has 5 rings (SSSR count). The van der Waals surface area contributed by atoms with Crippen LogP contribution in [0, 0.1) is 11.3 Å². The first-order chi connectivity index (χ1) is 16.2. The summed E-state index contributed by atoms with van der Waals surface area (Å²) in [7, 11) is 1.63. The molecule has 0 N–H and O–H groups in total. The molecule has 0 aliphatic carbocycles. The first-order valence-electron chi connectivity index (χ1n) is 10.5. The van der Waals surface area contributed by atoms with Gasteiger partial charge in [-0.1, -0.05) is 60.1 Å². The third-order valence-electron chi connectivity index (χ3n) is 5.71. The van der Waals surface area contributed by atoms with Crippen LogP contribution in [0.1, 0.15) is 22.6 Å². The molecule has 0 radical (unpaired) electrons. The summed E-state index contributed by atoms with van der Waals surface area (Å²) in [6.07, 6.45) is 1.70. The van der Waals surface area contributed by atoms with Crippen molar-refractivity contribution in [2.24, 2.45) is 4.99 Å². The summed E-state index contributed by atoms with van der Waals surface area (Å²) in [5.41, 5.74) is 3.20. The van der Waals surface area contributed by atoms with Gasteiger partial charge in [0.05, 0.1) is 13.0 Å². The van der Waals surface area contributed by atoms with Gasteiger partial charge in [-0.3, -0.25) is 0 Å². The van der Waals surface area contributed by atoms with Gasteiger partial charge in [0.2, 0.25) is 5.88 Å². The highest BCUT2D eigenvalue weighted by Gasteiger charge is 2.32. The van der Waals surface area contributed by atoms with E-state index in [4.69, 9.17) is 21.1 Å². The fourth-order valence-electron chi connectivity index (χ4n) is 4.06. The van der Waals surface area contributed by atoms with Crippen LogP contribution in [0.4, 0.5) is 0 Å². The van der Waals surface area contributed by atoms with Crippen molar-refractivity contribution in [1.82, 2.24) is 0 Å². The molecule has 4 aromatic carbocycles. The van der Waals surface area contributed by atoms with E-state index in [1.807, 2.05) is 78.9 Å². The van der Waals surface area contributed by atoms with Crippen LogP contribution >= 0.6 is 11.6 Å². The molecule has 33 heavy (non-hydrogen) atoms. The molecule has 0 fully saturated rings. The predicted octanol–water partition coefficient (Wildman–Crippen LogP) is 6.88. The van der Waals surface area contributed by atoms with E-state index in [2.05, 4.69) is 17.1 Å². The molecular formula is C28H19ClN2O2. The van der Waals surface area contributed by atoms with Gasteiger partial charge in [0.15, 0.2) is 0 Å². The van der Waals surface area contributed by atoms with E-state index >= 15 is 0 Å². The van der Waals surface area contributed by atoms with Gasteiger partial charge in [0.1, 0.15) is 23.1 Å². The number of hydrogen-bond acceptors (Lipinski definition) is 4. The molecule has 0 spiro atoms. The SMILES string of the molecule is COc1ccc(/C=N/C2=C(C#N)C(c3ccc(Cl)cc3)c3ccc4ccccc4c3O2)cc1. The Bertz CT molecular complexity index is 1430. The fourth-order valence-corrected chi connectivity index (χ4v) is 4.19. The Hall–Kier alpha value is -4.07. The van der Waals surface area contributed by atoms with Gasteiger partial charge in [-0.15, -0.1) is 0 Å². The van der Waals surface area contributed by atoms with Crippen LogP contribution < -0.4 is 9.47 Å². The third-order valence-corrected chi connectivity index (χ3v) is 5.96. The Morgan fingerprint density at radius 3 is 2.45 bits per heavy atom. The Labute approximate surface area is 197 Å². The van der Waals surface area contributed by atoms with Crippen LogP contribution in [0.2, 0.25) is 5.02 Å². The number of nitrogens with zero attached hydrogens (tertiary/aromatic N) is 2. The Kier molecular flexibility index (Phi) is 5.56. The minimum atomic E-state index is -0.316. The monoisotopic (exact) mass is 450 g/mol. The van der Waals surface area contributed by atoms with Crippen LogP contribution in [-0.4, -0.2) is 13.3 Å². The molecular weight excluding hydrogens is 432 g/mol. The van der Waals surface area contributed by atoms with Crippen molar-refractivity contribution in [2.75, 3.05) is 7.11 Å². The summed E-state index contributed by atoms with van der Waals surface area (Å²) in [6.45, 7) is 0. The van der Waals surface area contributed by atoms with Crippen molar-refractivity contribution in [3.05, 3.63) is 118 Å². The lowest BCUT2D eigenvalue weighted by atomic mass is 9.82. The highest BCUT2D eigenvalue weighted by atomic mass is 35.5. The van der Waals surface area contributed by atoms with Gasteiger partial charge < -0.3 is 9.47 Å². The molecule has 160 valence electrons. The van der Waals surface area contributed by atoms with Crippen LogP contribution in [-0.2, 0) is 0 Å². The zero-order chi connectivity index (χ0) is 22.8. The van der Waals surface area contributed by atoms with Gasteiger partial charge in [0, 0.05) is 22.2 Å². The van der Waals surface area contributed by atoms with Crippen molar-refractivity contribution < 1.29 is 9.47 Å². The summed E-state index contributed by atoms with van der Waals surface area (Å²) in [4.78, 5) is 4.60. The number of fused-ring (bicyclic) bond motifs is 3. The van der Waals surface area contributed by atoms with Crippen molar-refractivity contribution in [3.63, 3.8) is 0 Å². The second-order valence-electron chi connectivity index (χ2n) is 7.65. The maximum Gasteiger partial charge on any atom is 0.234 e. The Morgan fingerprint density at radius 1 is 0.970 bits per heavy atom. The van der Waals surface area contributed by atoms with Gasteiger partial charge in [0.25, 0.3) is 0 Å². The average molecular weight is 451 g/mol. The van der Waals surface area contributed by atoms with Crippen LogP contribution in [0.3, 0.4) is 0 Å². The highest BCUT2D eigenvalue weighted by molar-refractivity contribution is 6.30. The van der Waals surface area contributed by atoms with Gasteiger partial charge in [-0.05, 0) is 52.9 Å². The smallest absolute Gasteiger partial charge is 0.234 e. The molecule has 0 saturated heterocycles. The number of nitriles is 1. The quantitative estimate of drug-likeness (QED) is 0.318. The molecule has 4 aromatic rings. The van der Waals surface area contributed by atoms with E-state index < -0.39 is 0 Å². The topological polar surface area (TPSA) is 54.6 Å². The predicted molar refractivity (Wildman–Crippen MR) is 131 cm³/mol. The highest BCUT2D eigenvalue weighted by Crippen LogP contribution is 2.46. The summed E-state index contributed by atoms with van der Waals surface area (Å²) >= 11 is 6.13. The largest absolute Gasteiger partial charge is 0.497 e. The molecule has 1 atom stereocenters. The maximum atomic E-state index is 10.1. The zero-order valence-electron chi connectivity index (χ0n) is 17.8. The molecule has 4 nitrogen and oxygen atoms in total. The molecule has 0 aromatic heterocycles. The fraction of sp³-hybridized carbons (Fsp3) is 0.0714. The molecule has 1 unspecified atom stereocenters. The van der Waals surface area contributed by atoms with E-state index in [0.717, 1.165) is 33.2 Å². The molecule has 1 aliphatic rings. The Balaban J connectivity index is 1.67. The summed E-state index contributed by atoms with van der Waals surface area (Å²) in [5, 5.41) is 12.8. The van der Waals surface area contributed by atoms with Gasteiger partial charge in [-0.2, -0.15) is 5.26 Å². The van der Waals surface area contributed by atoms with E-state index in [9.17, 15) is 5.26 Å². The number of benzene rings is 4. The number of methoxy groups -OCH3 is 1. The number of hydrogen-bond donors (Lipinski definition) is 0. The number of rotatable bonds is 4.